The molecule has 0 radical (unpaired) electrons. The minimum absolute atomic E-state index is 0.0221. The monoisotopic (exact) mass is 330 g/mol. The Kier molecular flexibility index (Phi) is 5.67. The van der Waals surface area contributed by atoms with Gasteiger partial charge in [0, 0.05) is 5.69 Å². The first-order valence-corrected chi connectivity index (χ1v) is 7.24. The number of aryl methyl sites for hydroxylation is 1. The summed E-state index contributed by atoms with van der Waals surface area (Å²) in [5.41, 5.74) is 2.30. The van der Waals surface area contributed by atoms with Gasteiger partial charge in [0.15, 0.2) is 0 Å². The van der Waals surface area contributed by atoms with Crippen LogP contribution in [-0.4, -0.2) is 41.2 Å². The molecule has 24 heavy (non-hydrogen) atoms. The van der Waals surface area contributed by atoms with Gasteiger partial charge in [-0.3, -0.25) is 0 Å². The molecule has 8 heteroatoms. The van der Waals surface area contributed by atoms with Gasteiger partial charge in [-0.1, -0.05) is 12.1 Å². The molecule has 0 spiro atoms. The third-order valence-corrected chi connectivity index (χ3v) is 3.18. The van der Waals surface area contributed by atoms with Crippen LogP contribution in [0, 0.1) is 0 Å². The maximum atomic E-state index is 11.7. The Balaban J connectivity index is 2.18. The molecule has 126 valence electrons. The molecule has 0 amide bonds. The molecule has 0 aliphatic carbocycles. The Hall–Kier alpha value is -3.16. The highest BCUT2D eigenvalue weighted by atomic mass is 16.5. The van der Waals surface area contributed by atoms with Crippen LogP contribution in [0.1, 0.15) is 12.6 Å². The van der Waals surface area contributed by atoms with E-state index in [9.17, 15) is 9.59 Å². The van der Waals surface area contributed by atoms with E-state index in [2.05, 4.69) is 25.1 Å². The summed E-state index contributed by atoms with van der Waals surface area (Å²) in [7, 11) is 2.46. The van der Waals surface area contributed by atoms with Gasteiger partial charge in [0.25, 0.3) is 0 Å². The second-order valence-corrected chi connectivity index (χ2v) is 4.75. The second-order valence-electron chi connectivity index (χ2n) is 4.75. The van der Waals surface area contributed by atoms with Crippen molar-refractivity contribution in [2.24, 2.45) is 0 Å². The van der Waals surface area contributed by atoms with E-state index < -0.39 is 11.9 Å². The number of nitrogens with one attached hydrogen (secondary N) is 1. The van der Waals surface area contributed by atoms with Gasteiger partial charge in [-0.2, -0.15) is 0 Å². The second kappa shape index (κ2) is 7.91. The van der Waals surface area contributed by atoms with E-state index in [0.29, 0.717) is 5.69 Å². The zero-order chi connectivity index (χ0) is 17.5. The first-order chi connectivity index (χ1) is 11.6. The minimum atomic E-state index is -0.673. The summed E-state index contributed by atoms with van der Waals surface area (Å²) < 4.78 is 10.8. The summed E-state index contributed by atoms with van der Waals surface area (Å²) in [6.07, 6.45) is 3.69. The molecule has 0 atom stereocenters. The van der Waals surface area contributed by atoms with Gasteiger partial charge in [0.05, 0.1) is 37.9 Å². The van der Waals surface area contributed by atoms with Crippen molar-refractivity contribution in [1.82, 2.24) is 15.0 Å². The Morgan fingerprint density at radius 3 is 2.46 bits per heavy atom. The number of anilines is 1. The Labute approximate surface area is 139 Å². The largest absolute Gasteiger partial charge is 0.466 e. The van der Waals surface area contributed by atoms with E-state index in [0.717, 1.165) is 23.9 Å². The highest BCUT2D eigenvalue weighted by Gasteiger charge is 2.13. The number of carbonyl (C=O) groups is 2. The van der Waals surface area contributed by atoms with Crippen molar-refractivity contribution >= 4 is 17.6 Å². The number of hydrogen-bond donors (Lipinski definition) is 1. The predicted molar refractivity (Wildman–Crippen MR) is 86.5 cm³/mol. The van der Waals surface area contributed by atoms with Crippen LogP contribution in [0.4, 0.5) is 5.69 Å². The first kappa shape index (κ1) is 17.2. The lowest BCUT2D eigenvalue weighted by Crippen LogP contribution is -2.15. The van der Waals surface area contributed by atoms with E-state index in [1.807, 2.05) is 25.3 Å². The number of benzene rings is 1. The molecule has 0 unspecified atom stereocenters. The van der Waals surface area contributed by atoms with Crippen LogP contribution in [0.2, 0.25) is 0 Å². The summed E-state index contributed by atoms with van der Waals surface area (Å²) in [4.78, 5) is 23.0. The SMILES string of the molecule is CCc1cn(-c2ccc(N/C(=C/C(=O)OC)C(=O)OC)cc2)nn1. The molecule has 1 heterocycles. The van der Waals surface area contributed by atoms with Gasteiger partial charge in [-0.15, -0.1) is 5.10 Å². The molecular formula is C16H18N4O4. The number of aromatic nitrogens is 3. The minimum Gasteiger partial charge on any atom is -0.466 e. The molecule has 0 saturated heterocycles. The van der Waals surface area contributed by atoms with Gasteiger partial charge in [0.2, 0.25) is 0 Å². The Morgan fingerprint density at radius 1 is 1.21 bits per heavy atom. The van der Waals surface area contributed by atoms with Crippen molar-refractivity contribution in [1.29, 1.82) is 0 Å². The fourth-order valence-electron chi connectivity index (χ4n) is 1.87. The van der Waals surface area contributed by atoms with Crippen LogP contribution < -0.4 is 5.32 Å². The molecule has 1 aromatic carbocycles. The molecule has 8 nitrogen and oxygen atoms in total. The van der Waals surface area contributed by atoms with Crippen molar-refractivity contribution in [2.75, 3.05) is 19.5 Å². The van der Waals surface area contributed by atoms with Crippen molar-refractivity contribution in [3.05, 3.63) is 47.9 Å². The molecule has 0 aliphatic heterocycles. The van der Waals surface area contributed by atoms with Crippen LogP contribution >= 0.6 is 0 Å². The van der Waals surface area contributed by atoms with Gasteiger partial charge in [-0.25, -0.2) is 14.3 Å². The Bertz CT molecular complexity index is 750. The van der Waals surface area contributed by atoms with Crippen LogP contribution in [0.5, 0.6) is 0 Å². The molecule has 0 fully saturated rings. The zero-order valence-electron chi connectivity index (χ0n) is 13.6. The smallest absolute Gasteiger partial charge is 0.354 e. The molecule has 0 bridgehead atoms. The van der Waals surface area contributed by atoms with Crippen LogP contribution in [0.15, 0.2) is 42.2 Å². The summed E-state index contributed by atoms with van der Waals surface area (Å²) in [5.74, 6) is -1.33. The number of hydrogen-bond acceptors (Lipinski definition) is 7. The van der Waals surface area contributed by atoms with Crippen molar-refractivity contribution in [2.45, 2.75) is 13.3 Å². The molecule has 0 aliphatic rings. The molecule has 1 aromatic heterocycles. The maximum Gasteiger partial charge on any atom is 0.354 e. The average molecular weight is 330 g/mol. The molecule has 1 N–H and O–H groups in total. The quantitative estimate of drug-likeness (QED) is 0.633. The lowest BCUT2D eigenvalue weighted by Gasteiger charge is -2.09. The fourth-order valence-corrected chi connectivity index (χ4v) is 1.87. The zero-order valence-corrected chi connectivity index (χ0v) is 13.6. The summed E-state index contributed by atoms with van der Waals surface area (Å²) >= 11 is 0. The van der Waals surface area contributed by atoms with E-state index in [-0.39, 0.29) is 5.70 Å². The van der Waals surface area contributed by atoms with Crippen LogP contribution in [-0.2, 0) is 25.5 Å². The maximum absolute atomic E-state index is 11.7. The third-order valence-electron chi connectivity index (χ3n) is 3.18. The number of esters is 2. The lowest BCUT2D eigenvalue weighted by molar-refractivity contribution is -0.138. The van der Waals surface area contributed by atoms with Crippen LogP contribution in [0.25, 0.3) is 5.69 Å². The number of nitrogens with zero attached hydrogens (tertiary/aromatic N) is 3. The van der Waals surface area contributed by atoms with Gasteiger partial charge < -0.3 is 14.8 Å². The highest BCUT2D eigenvalue weighted by Crippen LogP contribution is 2.15. The predicted octanol–water partition coefficient (Wildman–Crippen LogP) is 1.47. The first-order valence-electron chi connectivity index (χ1n) is 7.24. The lowest BCUT2D eigenvalue weighted by atomic mass is 10.2. The van der Waals surface area contributed by atoms with Crippen molar-refractivity contribution in [3.63, 3.8) is 0 Å². The van der Waals surface area contributed by atoms with E-state index in [1.54, 1.807) is 16.8 Å². The molecular weight excluding hydrogens is 312 g/mol. The van der Waals surface area contributed by atoms with Crippen LogP contribution in [0.3, 0.4) is 0 Å². The van der Waals surface area contributed by atoms with E-state index in [1.165, 1.54) is 14.2 Å². The molecule has 2 aromatic rings. The summed E-state index contributed by atoms with van der Waals surface area (Å²) in [6, 6.07) is 7.11. The number of methoxy groups -OCH3 is 2. The number of carbonyl (C=O) groups excluding carboxylic acids is 2. The number of ether oxygens (including phenoxy) is 2. The highest BCUT2D eigenvalue weighted by molar-refractivity contribution is 5.98. The molecule has 2 rings (SSSR count). The molecule has 0 saturated carbocycles. The van der Waals surface area contributed by atoms with Gasteiger partial charge in [0.1, 0.15) is 5.70 Å². The fraction of sp³-hybridized carbons (Fsp3) is 0.250. The van der Waals surface area contributed by atoms with Crippen molar-refractivity contribution in [3.8, 4) is 5.69 Å². The summed E-state index contributed by atoms with van der Waals surface area (Å²) in [6.45, 7) is 2.00. The summed E-state index contributed by atoms with van der Waals surface area (Å²) in [5, 5.41) is 10.9. The topological polar surface area (TPSA) is 95.3 Å². The van der Waals surface area contributed by atoms with Gasteiger partial charge in [-0.05, 0) is 30.7 Å². The van der Waals surface area contributed by atoms with Crippen molar-refractivity contribution < 1.29 is 19.1 Å². The van der Waals surface area contributed by atoms with E-state index in [4.69, 9.17) is 0 Å². The standard InChI is InChI=1S/C16H18N4O4/c1-4-11-10-20(19-18-11)13-7-5-12(6-8-13)17-14(16(22)24-3)9-15(21)23-2/h5-10,17H,4H2,1-3H3/b14-9+. The Morgan fingerprint density at radius 2 is 1.92 bits per heavy atom. The number of rotatable bonds is 6. The third kappa shape index (κ3) is 4.19. The van der Waals surface area contributed by atoms with Gasteiger partial charge >= 0.3 is 11.9 Å². The normalized spacial score (nSPS) is 11.0. The van der Waals surface area contributed by atoms with E-state index >= 15 is 0 Å². The average Bonchev–Trinajstić information content (AvgIpc) is 3.10.